The van der Waals surface area contributed by atoms with E-state index < -0.39 is 11.7 Å². The fourth-order valence-electron chi connectivity index (χ4n) is 1.62. The van der Waals surface area contributed by atoms with E-state index in [0.717, 1.165) is 6.42 Å². The first kappa shape index (κ1) is 13.0. The standard InChI is InChI=1S/C12H13FN4O2/c1-2-5-19-9-4-3-7(13)6-8(9)10-11(12(14)18)16-17-15-10/h3-4,6H,2,5H2,1H3,(H2,14,18)(H,15,16,17). The van der Waals surface area contributed by atoms with Crippen molar-refractivity contribution in [1.82, 2.24) is 15.4 Å². The number of hydrogen-bond acceptors (Lipinski definition) is 4. The van der Waals surface area contributed by atoms with Crippen molar-refractivity contribution in [1.29, 1.82) is 0 Å². The Kier molecular flexibility index (Phi) is 3.74. The summed E-state index contributed by atoms with van der Waals surface area (Å²) in [5.74, 6) is -0.772. The molecule has 0 spiro atoms. The van der Waals surface area contributed by atoms with Crippen molar-refractivity contribution >= 4 is 5.91 Å². The molecule has 2 rings (SSSR count). The molecule has 3 N–H and O–H groups in total. The van der Waals surface area contributed by atoms with E-state index in [1.807, 2.05) is 6.92 Å². The molecule has 0 radical (unpaired) electrons. The maximum Gasteiger partial charge on any atom is 0.271 e. The van der Waals surface area contributed by atoms with Gasteiger partial charge in [0.05, 0.1) is 6.61 Å². The van der Waals surface area contributed by atoms with Crippen molar-refractivity contribution in [3.8, 4) is 17.0 Å². The number of H-pyrrole nitrogens is 1. The Labute approximate surface area is 108 Å². The second kappa shape index (κ2) is 5.47. The quantitative estimate of drug-likeness (QED) is 0.855. The summed E-state index contributed by atoms with van der Waals surface area (Å²) in [6, 6.07) is 3.99. The first-order chi connectivity index (χ1) is 9.13. The van der Waals surface area contributed by atoms with Gasteiger partial charge in [0.15, 0.2) is 5.69 Å². The van der Waals surface area contributed by atoms with Crippen LogP contribution in [0.15, 0.2) is 18.2 Å². The zero-order valence-electron chi connectivity index (χ0n) is 10.3. The molecule has 6 nitrogen and oxygen atoms in total. The van der Waals surface area contributed by atoms with E-state index in [2.05, 4.69) is 15.4 Å². The van der Waals surface area contributed by atoms with E-state index in [0.29, 0.717) is 17.9 Å². The monoisotopic (exact) mass is 264 g/mol. The van der Waals surface area contributed by atoms with Crippen LogP contribution in [0.5, 0.6) is 5.75 Å². The summed E-state index contributed by atoms with van der Waals surface area (Å²) in [6.45, 7) is 2.43. The highest BCUT2D eigenvalue weighted by Gasteiger charge is 2.19. The molecule has 1 amide bonds. The fourth-order valence-corrected chi connectivity index (χ4v) is 1.62. The lowest BCUT2D eigenvalue weighted by atomic mass is 10.1. The highest BCUT2D eigenvalue weighted by molar-refractivity contribution is 5.97. The van der Waals surface area contributed by atoms with E-state index in [1.54, 1.807) is 0 Å². The number of ether oxygens (including phenoxy) is 1. The summed E-state index contributed by atoms with van der Waals surface area (Å²) in [5, 5.41) is 9.79. The van der Waals surface area contributed by atoms with Gasteiger partial charge in [-0.25, -0.2) is 4.39 Å². The Morgan fingerprint density at radius 2 is 2.26 bits per heavy atom. The molecule has 0 bridgehead atoms. The number of nitrogens with two attached hydrogens (primary N) is 1. The van der Waals surface area contributed by atoms with Crippen LogP contribution in [0.2, 0.25) is 0 Å². The summed E-state index contributed by atoms with van der Waals surface area (Å²) in [5.41, 5.74) is 5.66. The molecule has 100 valence electrons. The van der Waals surface area contributed by atoms with E-state index in [4.69, 9.17) is 10.5 Å². The molecular formula is C12H13FN4O2. The number of nitrogens with zero attached hydrogens (tertiary/aromatic N) is 2. The maximum absolute atomic E-state index is 13.4. The number of rotatable bonds is 5. The number of halogens is 1. The minimum Gasteiger partial charge on any atom is -0.493 e. The molecular weight excluding hydrogens is 251 g/mol. The predicted octanol–water partition coefficient (Wildman–Crippen LogP) is 1.50. The minimum atomic E-state index is -0.741. The number of primary amides is 1. The second-order valence-corrected chi connectivity index (χ2v) is 3.87. The number of benzene rings is 1. The molecule has 0 aliphatic rings. The minimum absolute atomic E-state index is 0.0491. The third kappa shape index (κ3) is 2.70. The summed E-state index contributed by atoms with van der Waals surface area (Å²) >= 11 is 0. The lowest BCUT2D eigenvalue weighted by Crippen LogP contribution is -2.13. The Morgan fingerprint density at radius 1 is 1.47 bits per heavy atom. The maximum atomic E-state index is 13.4. The first-order valence-electron chi connectivity index (χ1n) is 5.76. The molecule has 0 unspecified atom stereocenters. The lowest BCUT2D eigenvalue weighted by Gasteiger charge is -2.09. The lowest BCUT2D eigenvalue weighted by molar-refractivity contribution is 0.0996. The SMILES string of the molecule is CCCOc1ccc(F)cc1-c1n[nH]nc1C(N)=O. The van der Waals surface area contributed by atoms with Crippen molar-refractivity contribution in [2.45, 2.75) is 13.3 Å². The van der Waals surface area contributed by atoms with Crippen molar-refractivity contribution in [2.24, 2.45) is 5.73 Å². The largest absolute Gasteiger partial charge is 0.493 e. The predicted molar refractivity (Wildman–Crippen MR) is 66.1 cm³/mol. The van der Waals surface area contributed by atoms with Gasteiger partial charge in [-0.2, -0.15) is 15.4 Å². The van der Waals surface area contributed by atoms with Crippen molar-refractivity contribution in [3.05, 3.63) is 29.7 Å². The molecule has 19 heavy (non-hydrogen) atoms. The van der Waals surface area contributed by atoms with Crippen molar-refractivity contribution in [2.75, 3.05) is 6.61 Å². The molecule has 0 aliphatic heterocycles. The van der Waals surface area contributed by atoms with Gasteiger partial charge in [-0.05, 0) is 24.6 Å². The number of nitrogens with one attached hydrogen (secondary N) is 1. The van der Waals surface area contributed by atoms with Crippen LogP contribution < -0.4 is 10.5 Å². The average molecular weight is 264 g/mol. The number of amides is 1. The number of aromatic nitrogens is 3. The van der Waals surface area contributed by atoms with Gasteiger partial charge in [0.25, 0.3) is 5.91 Å². The van der Waals surface area contributed by atoms with Gasteiger partial charge in [0.1, 0.15) is 17.3 Å². The van der Waals surface area contributed by atoms with E-state index in [9.17, 15) is 9.18 Å². The van der Waals surface area contributed by atoms with Gasteiger partial charge in [-0.3, -0.25) is 4.79 Å². The number of carbonyl (C=O) groups excluding carboxylic acids is 1. The zero-order chi connectivity index (χ0) is 13.8. The van der Waals surface area contributed by atoms with Crippen LogP contribution in [0.3, 0.4) is 0 Å². The summed E-state index contributed by atoms with van der Waals surface area (Å²) in [6.07, 6.45) is 0.804. The first-order valence-corrected chi connectivity index (χ1v) is 5.76. The molecule has 7 heteroatoms. The van der Waals surface area contributed by atoms with Gasteiger partial charge < -0.3 is 10.5 Å². The van der Waals surface area contributed by atoms with Crippen LogP contribution in [0.1, 0.15) is 23.8 Å². The molecule has 0 fully saturated rings. The van der Waals surface area contributed by atoms with E-state index >= 15 is 0 Å². The number of aromatic amines is 1. The summed E-state index contributed by atoms with van der Waals surface area (Å²) in [4.78, 5) is 11.2. The van der Waals surface area contributed by atoms with Gasteiger partial charge >= 0.3 is 0 Å². The fraction of sp³-hybridized carbons (Fsp3) is 0.250. The normalized spacial score (nSPS) is 10.4. The van der Waals surface area contributed by atoms with E-state index in [-0.39, 0.29) is 11.4 Å². The van der Waals surface area contributed by atoms with Crippen LogP contribution in [0.25, 0.3) is 11.3 Å². The van der Waals surface area contributed by atoms with Crippen LogP contribution >= 0.6 is 0 Å². The molecule has 1 aromatic carbocycles. The number of hydrogen-bond donors (Lipinski definition) is 2. The van der Waals surface area contributed by atoms with Crippen LogP contribution in [-0.4, -0.2) is 27.9 Å². The Hall–Kier alpha value is -2.44. The van der Waals surface area contributed by atoms with Crippen molar-refractivity contribution in [3.63, 3.8) is 0 Å². The third-order valence-electron chi connectivity index (χ3n) is 2.44. The van der Waals surface area contributed by atoms with E-state index in [1.165, 1.54) is 18.2 Å². The third-order valence-corrected chi connectivity index (χ3v) is 2.44. The molecule has 0 saturated carbocycles. The van der Waals surface area contributed by atoms with Crippen LogP contribution in [0, 0.1) is 5.82 Å². The Morgan fingerprint density at radius 3 is 2.95 bits per heavy atom. The molecule has 0 saturated heterocycles. The summed E-state index contributed by atoms with van der Waals surface area (Å²) < 4.78 is 18.9. The Bertz CT molecular complexity index is 597. The highest BCUT2D eigenvalue weighted by Crippen LogP contribution is 2.30. The zero-order valence-corrected chi connectivity index (χ0v) is 10.3. The smallest absolute Gasteiger partial charge is 0.271 e. The summed E-state index contributed by atoms with van der Waals surface area (Å²) in [7, 11) is 0. The van der Waals surface area contributed by atoms with Crippen LogP contribution in [-0.2, 0) is 0 Å². The molecule has 1 aromatic heterocycles. The molecule has 2 aromatic rings. The van der Waals surface area contributed by atoms with Gasteiger partial charge in [0, 0.05) is 5.56 Å². The Balaban J connectivity index is 2.50. The van der Waals surface area contributed by atoms with Gasteiger partial charge in [-0.1, -0.05) is 6.92 Å². The molecule has 0 aliphatic carbocycles. The highest BCUT2D eigenvalue weighted by atomic mass is 19.1. The van der Waals surface area contributed by atoms with Gasteiger partial charge in [-0.15, -0.1) is 0 Å². The van der Waals surface area contributed by atoms with Crippen LogP contribution in [0.4, 0.5) is 4.39 Å². The number of carbonyl (C=O) groups is 1. The van der Waals surface area contributed by atoms with Gasteiger partial charge in [0.2, 0.25) is 0 Å². The average Bonchev–Trinajstić information content (AvgIpc) is 2.86. The molecule has 1 heterocycles. The second-order valence-electron chi connectivity index (χ2n) is 3.87. The molecule has 0 atom stereocenters. The topological polar surface area (TPSA) is 93.9 Å². The van der Waals surface area contributed by atoms with Crippen molar-refractivity contribution < 1.29 is 13.9 Å².